The zero-order valence-corrected chi connectivity index (χ0v) is 17.0. The van der Waals surface area contributed by atoms with E-state index in [9.17, 15) is 4.79 Å². The van der Waals surface area contributed by atoms with Gasteiger partial charge in [0.15, 0.2) is 0 Å². The molecule has 1 nitrogen and oxygen atoms in total. The largest absolute Gasteiger partial charge is 0.303 e. The highest BCUT2D eigenvalue weighted by molar-refractivity contribution is 8.16. The van der Waals surface area contributed by atoms with Gasteiger partial charge in [0.2, 0.25) is 0 Å². The third-order valence-corrected chi connectivity index (χ3v) is 7.29. The van der Waals surface area contributed by atoms with E-state index in [2.05, 4.69) is 20.8 Å². The van der Waals surface area contributed by atoms with Crippen molar-refractivity contribution in [2.24, 2.45) is 5.92 Å². The molecule has 132 valence electrons. The van der Waals surface area contributed by atoms with Gasteiger partial charge in [0, 0.05) is 15.7 Å². The lowest BCUT2D eigenvalue weighted by molar-refractivity contribution is -0.111. The van der Waals surface area contributed by atoms with Gasteiger partial charge in [-0.25, -0.2) is 0 Å². The van der Waals surface area contributed by atoms with Gasteiger partial charge in [-0.15, -0.1) is 11.8 Å². The van der Waals surface area contributed by atoms with Gasteiger partial charge >= 0.3 is 0 Å². The van der Waals surface area contributed by atoms with Gasteiger partial charge in [0.05, 0.1) is 0 Å². The standard InChI is InChI=1S/C19H38OS2/c1-5-6-7-8-9-10-11-12-13-14-15-21-17-22-19(3,4)18(2)16-20/h16,18H,5-15,17H2,1-4H3. The maximum atomic E-state index is 10.9. The summed E-state index contributed by atoms with van der Waals surface area (Å²) in [7, 11) is 0. The molecule has 0 saturated carbocycles. The molecule has 0 aliphatic carbocycles. The van der Waals surface area contributed by atoms with Crippen molar-refractivity contribution in [1.29, 1.82) is 0 Å². The van der Waals surface area contributed by atoms with Crippen molar-refractivity contribution in [1.82, 2.24) is 0 Å². The van der Waals surface area contributed by atoms with Crippen molar-refractivity contribution in [2.75, 3.05) is 10.8 Å². The fourth-order valence-corrected chi connectivity index (χ4v) is 4.99. The molecule has 0 saturated heterocycles. The Hall–Kier alpha value is 0.370. The van der Waals surface area contributed by atoms with Crippen LogP contribution in [0.3, 0.4) is 0 Å². The van der Waals surface area contributed by atoms with E-state index in [-0.39, 0.29) is 10.7 Å². The topological polar surface area (TPSA) is 17.1 Å². The highest BCUT2D eigenvalue weighted by atomic mass is 32.2. The second-order valence-corrected chi connectivity index (χ2v) is 9.98. The fourth-order valence-electron chi connectivity index (χ4n) is 2.24. The number of thioether (sulfide) groups is 2. The van der Waals surface area contributed by atoms with Gasteiger partial charge in [-0.2, -0.15) is 11.8 Å². The molecule has 0 N–H and O–H groups in total. The number of aldehydes is 1. The van der Waals surface area contributed by atoms with Crippen LogP contribution in [-0.4, -0.2) is 21.9 Å². The van der Waals surface area contributed by atoms with Crippen LogP contribution in [0.1, 0.15) is 91.9 Å². The van der Waals surface area contributed by atoms with Crippen molar-refractivity contribution < 1.29 is 4.79 Å². The quantitative estimate of drug-likeness (QED) is 0.171. The smallest absolute Gasteiger partial charge is 0.124 e. The summed E-state index contributed by atoms with van der Waals surface area (Å²) in [6.07, 6.45) is 15.2. The Balaban J connectivity index is 3.25. The Labute approximate surface area is 148 Å². The van der Waals surface area contributed by atoms with Crippen molar-refractivity contribution >= 4 is 29.8 Å². The Morgan fingerprint density at radius 2 is 1.41 bits per heavy atom. The van der Waals surface area contributed by atoms with Crippen LogP contribution < -0.4 is 0 Å². The van der Waals surface area contributed by atoms with E-state index in [4.69, 9.17) is 0 Å². The van der Waals surface area contributed by atoms with Crippen LogP contribution >= 0.6 is 23.5 Å². The molecular formula is C19H38OS2. The maximum Gasteiger partial charge on any atom is 0.124 e. The van der Waals surface area contributed by atoms with Gasteiger partial charge < -0.3 is 4.79 Å². The summed E-state index contributed by atoms with van der Waals surface area (Å²) in [6.45, 7) is 8.66. The van der Waals surface area contributed by atoms with Gasteiger partial charge in [-0.3, -0.25) is 0 Å². The molecule has 0 rings (SSSR count). The molecule has 3 heteroatoms. The molecule has 0 aromatic heterocycles. The molecule has 0 heterocycles. The molecular weight excluding hydrogens is 308 g/mol. The molecule has 1 unspecified atom stereocenters. The van der Waals surface area contributed by atoms with Gasteiger partial charge in [-0.1, -0.05) is 71.6 Å². The molecule has 0 amide bonds. The molecule has 0 aromatic rings. The molecule has 0 aliphatic rings. The summed E-state index contributed by atoms with van der Waals surface area (Å²) >= 11 is 3.96. The monoisotopic (exact) mass is 346 g/mol. The first kappa shape index (κ1) is 22.4. The summed E-state index contributed by atoms with van der Waals surface area (Å²) in [5.41, 5.74) is 0. The molecule has 0 aromatic carbocycles. The van der Waals surface area contributed by atoms with Crippen LogP contribution in [0.25, 0.3) is 0 Å². The Kier molecular flexibility index (Phi) is 15.2. The van der Waals surface area contributed by atoms with E-state index >= 15 is 0 Å². The average molecular weight is 347 g/mol. The number of unbranched alkanes of at least 4 members (excludes halogenated alkanes) is 9. The van der Waals surface area contributed by atoms with Crippen molar-refractivity contribution in [3.05, 3.63) is 0 Å². The van der Waals surface area contributed by atoms with Crippen molar-refractivity contribution in [2.45, 2.75) is 96.7 Å². The Morgan fingerprint density at radius 3 is 1.91 bits per heavy atom. The summed E-state index contributed by atoms with van der Waals surface area (Å²) in [4.78, 5) is 10.9. The molecule has 1 atom stereocenters. The third kappa shape index (κ3) is 12.9. The van der Waals surface area contributed by atoms with E-state index in [1.165, 1.54) is 70.0 Å². The minimum Gasteiger partial charge on any atom is -0.303 e. The van der Waals surface area contributed by atoms with Crippen LogP contribution in [-0.2, 0) is 4.79 Å². The fraction of sp³-hybridized carbons (Fsp3) is 0.947. The second kappa shape index (κ2) is 14.9. The number of hydrogen-bond acceptors (Lipinski definition) is 3. The predicted molar refractivity (Wildman–Crippen MR) is 106 cm³/mol. The minimum absolute atomic E-state index is 0.0759. The molecule has 22 heavy (non-hydrogen) atoms. The number of rotatable bonds is 16. The van der Waals surface area contributed by atoms with Gasteiger partial charge in [-0.05, 0) is 26.0 Å². The van der Waals surface area contributed by atoms with Crippen LogP contribution in [0.5, 0.6) is 0 Å². The van der Waals surface area contributed by atoms with Crippen molar-refractivity contribution in [3.8, 4) is 0 Å². The summed E-state index contributed by atoms with van der Waals surface area (Å²) in [5, 5.41) is 1.11. The minimum atomic E-state index is 0.0759. The highest BCUT2D eigenvalue weighted by Crippen LogP contribution is 2.33. The molecule has 0 spiro atoms. The first-order chi connectivity index (χ1) is 10.5. The zero-order chi connectivity index (χ0) is 16.7. The SMILES string of the molecule is CCCCCCCCCCCCSCSC(C)(C)C(C)C=O. The Bertz CT molecular complexity index is 254. The van der Waals surface area contributed by atoms with E-state index in [0.29, 0.717) is 0 Å². The van der Waals surface area contributed by atoms with E-state index in [0.717, 1.165) is 11.4 Å². The van der Waals surface area contributed by atoms with E-state index in [1.54, 1.807) is 0 Å². The van der Waals surface area contributed by atoms with Crippen LogP contribution in [0.15, 0.2) is 0 Å². The lowest BCUT2D eigenvalue weighted by atomic mass is 9.99. The number of carbonyl (C=O) groups excluding carboxylic acids is 1. The number of carbonyl (C=O) groups is 1. The predicted octanol–water partition coefficient (Wildman–Crippen LogP) is 6.94. The van der Waals surface area contributed by atoms with Gasteiger partial charge in [0.1, 0.15) is 6.29 Å². The number of hydrogen-bond donors (Lipinski definition) is 0. The molecule has 0 fully saturated rings. The second-order valence-electron chi connectivity index (χ2n) is 6.88. The first-order valence-electron chi connectivity index (χ1n) is 9.21. The van der Waals surface area contributed by atoms with E-state index < -0.39 is 0 Å². The molecule has 0 aliphatic heterocycles. The van der Waals surface area contributed by atoms with Crippen molar-refractivity contribution in [3.63, 3.8) is 0 Å². The first-order valence-corrected chi connectivity index (χ1v) is 11.4. The van der Waals surface area contributed by atoms with Crippen LogP contribution in [0.4, 0.5) is 0 Å². The normalized spacial score (nSPS) is 13.3. The lowest BCUT2D eigenvalue weighted by Crippen LogP contribution is -2.26. The summed E-state index contributed by atoms with van der Waals surface area (Å²) < 4.78 is 0.0759. The highest BCUT2D eigenvalue weighted by Gasteiger charge is 2.25. The summed E-state index contributed by atoms with van der Waals surface area (Å²) in [5.74, 6) is 1.41. The lowest BCUT2D eigenvalue weighted by Gasteiger charge is -2.27. The zero-order valence-electron chi connectivity index (χ0n) is 15.4. The third-order valence-electron chi connectivity index (χ3n) is 4.46. The average Bonchev–Trinajstić information content (AvgIpc) is 2.50. The summed E-state index contributed by atoms with van der Waals surface area (Å²) in [6, 6.07) is 0. The maximum absolute atomic E-state index is 10.9. The van der Waals surface area contributed by atoms with E-state index in [1.807, 2.05) is 30.4 Å². The molecule has 0 radical (unpaired) electrons. The molecule has 0 bridgehead atoms. The van der Waals surface area contributed by atoms with Crippen LogP contribution in [0.2, 0.25) is 0 Å². The Morgan fingerprint density at radius 1 is 0.909 bits per heavy atom. The van der Waals surface area contributed by atoms with Crippen LogP contribution in [0, 0.1) is 5.92 Å². The van der Waals surface area contributed by atoms with Gasteiger partial charge in [0.25, 0.3) is 0 Å².